The Morgan fingerprint density at radius 3 is 2.31 bits per heavy atom. The number of ether oxygens (including phenoxy) is 1. The molecule has 0 spiro atoms. The van der Waals surface area contributed by atoms with E-state index in [1.165, 1.54) is 0 Å². The second-order valence-electron chi connectivity index (χ2n) is 8.14. The Morgan fingerprint density at radius 1 is 1.15 bits per heavy atom. The Hall–Kier alpha value is -1.80. The molecule has 0 atom stereocenters. The lowest BCUT2D eigenvalue weighted by Crippen LogP contribution is -2.49. The molecule has 1 heterocycles. The van der Waals surface area contributed by atoms with Crippen molar-refractivity contribution < 1.29 is 19.3 Å². The number of alkyl carbamates (subject to hydrolysis) is 1. The molecule has 1 aromatic rings. The molecule has 0 bridgehead atoms. The molecule has 0 aliphatic carbocycles. The molecule has 26 heavy (non-hydrogen) atoms. The highest BCUT2D eigenvalue weighted by atomic mass is 16.6. The van der Waals surface area contributed by atoms with Crippen molar-refractivity contribution in [3.63, 3.8) is 0 Å². The minimum absolute atomic E-state index is 0.424. The van der Waals surface area contributed by atoms with Crippen LogP contribution in [-0.4, -0.2) is 53.6 Å². The number of amides is 1. The van der Waals surface area contributed by atoms with Gasteiger partial charge in [-0.2, -0.15) is 0 Å². The van der Waals surface area contributed by atoms with Gasteiger partial charge in [0, 0.05) is 19.3 Å². The second kappa shape index (κ2) is 8.73. The van der Waals surface area contributed by atoms with E-state index in [0.29, 0.717) is 18.9 Å². The minimum atomic E-state index is -0.973. The normalized spacial score (nSPS) is 12.5. The van der Waals surface area contributed by atoms with Crippen molar-refractivity contribution in [2.75, 3.05) is 18.4 Å². The molecule has 0 saturated heterocycles. The van der Waals surface area contributed by atoms with Gasteiger partial charge in [0.05, 0.1) is 11.2 Å². The van der Waals surface area contributed by atoms with Crippen LogP contribution < -0.4 is 16.1 Å². The van der Waals surface area contributed by atoms with Crippen molar-refractivity contribution in [2.24, 2.45) is 0 Å². The molecule has 3 N–H and O–H groups in total. The monoisotopic (exact) mass is 364 g/mol. The SMILES string of the molecule is CC(C)(C)OC(=O)NCCNc1ccc([B]OC(C)(C)C(C)(C)O)cn1. The standard InChI is InChI=1S/C18H31BN3O4/c1-16(2,3)25-15(23)21-11-10-20-14-9-8-13(12-22-14)19-26-18(6,7)17(4,5)24/h8-9,12,24H,10-11H2,1-7H3,(H,20,22)(H,21,23). The van der Waals surface area contributed by atoms with Crippen LogP contribution in [0.4, 0.5) is 10.6 Å². The highest BCUT2D eigenvalue weighted by Gasteiger charge is 2.35. The first-order valence-electron chi connectivity index (χ1n) is 8.70. The lowest BCUT2D eigenvalue weighted by atomic mass is 9.83. The van der Waals surface area contributed by atoms with E-state index in [4.69, 9.17) is 9.39 Å². The molecule has 0 aliphatic heterocycles. The van der Waals surface area contributed by atoms with Gasteiger partial charge in [0.1, 0.15) is 11.4 Å². The molecular weight excluding hydrogens is 333 g/mol. The Kier molecular flexibility index (Phi) is 7.47. The summed E-state index contributed by atoms with van der Waals surface area (Å²) >= 11 is 0. The lowest BCUT2D eigenvalue weighted by Gasteiger charge is -2.37. The summed E-state index contributed by atoms with van der Waals surface area (Å²) in [6, 6.07) is 3.68. The molecule has 145 valence electrons. The molecule has 0 saturated carbocycles. The average Bonchev–Trinajstić information content (AvgIpc) is 2.48. The van der Waals surface area contributed by atoms with Crippen molar-refractivity contribution in [2.45, 2.75) is 65.3 Å². The Bertz CT molecular complexity index is 578. The number of carbonyl (C=O) groups excluding carboxylic acids is 1. The van der Waals surface area contributed by atoms with Gasteiger partial charge in [-0.1, -0.05) is 6.07 Å². The van der Waals surface area contributed by atoms with Gasteiger partial charge in [-0.25, -0.2) is 9.78 Å². The zero-order chi connectivity index (χ0) is 20.0. The molecule has 0 aromatic carbocycles. The molecule has 0 fully saturated rings. The van der Waals surface area contributed by atoms with Crippen molar-refractivity contribution in [3.05, 3.63) is 18.3 Å². The molecule has 1 amide bonds. The quantitative estimate of drug-likeness (QED) is 0.481. The number of anilines is 1. The minimum Gasteiger partial charge on any atom is -0.444 e. The van der Waals surface area contributed by atoms with E-state index >= 15 is 0 Å². The van der Waals surface area contributed by atoms with Crippen LogP contribution in [0.2, 0.25) is 0 Å². The van der Waals surface area contributed by atoms with E-state index in [-0.39, 0.29) is 0 Å². The van der Waals surface area contributed by atoms with Gasteiger partial charge in [0.2, 0.25) is 0 Å². The predicted octanol–water partition coefficient (Wildman–Crippen LogP) is 1.83. The van der Waals surface area contributed by atoms with Gasteiger partial charge in [-0.3, -0.25) is 0 Å². The Morgan fingerprint density at radius 2 is 1.81 bits per heavy atom. The molecule has 0 unspecified atom stereocenters. The summed E-state index contributed by atoms with van der Waals surface area (Å²) in [5.74, 6) is 0.690. The van der Waals surface area contributed by atoms with Gasteiger partial charge in [0.25, 0.3) is 0 Å². The summed E-state index contributed by atoms with van der Waals surface area (Å²) in [6.45, 7) is 13.5. The van der Waals surface area contributed by atoms with Crippen LogP contribution in [-0.2, 0) is 9.39 Å². The second-order valence-corrected chi connectivity index (χ2v) is 8.14. The highest BCUT2D eigenvalue weighted by Crippen LogP contribution is 2.24. The largest absolute Gasteiger partial charge is 0.444 e. The number of hydrogen-bond donors (Lipinski definition) is 3. The summed E-state index contributed by atoms with van der Waals surface area (Å²) in [6.07, 6.45) is 1.23. The molecule has 1 rings (SSSR count). The van der Waals surface area contributed by atoms with Crippen LogP contribution in [0.15, 0.2) is 18.3 Å². The number of aliphatic hydroxyl groups is 1. The first kappa shape index (κ1) is 22.2. The van der Waals surface area contributed by atoms with E-state index in [1.807, 2.05) is 46.8 Å². The van der Waals surface area contributed by atoms with E-state index in [2.05, 4.69) is 15.6 Å². The van der Waals surface area contributed by atoms with Crippen LogP contribution in [0.25, 0.3) is 0 Å². The Labute approximate surface area is 157 Å². The van der Waals surface area contributed by atoms with Crippen molar-refractivity contribution in [1.82, 2.24) is 10.3 Å². The van der Waals surface area contributed by atoms with Crippen LogP contribution in [0.1, 0.15) is 48.5 Å². The Balaban J connectivity index is 2.36. The summed E-state index contributed by atoms with van der Waals surface area (Å²) in [7, 11) is 1.58. The molecule has 8 heteroatoms. The molecule has 1 radical (unpaired) electrons. The fourth-order valence-corrected chi connectivity index (χ4v) is 1.61. The third-order valence-electron chi connectivity index (χ3n) is 3.85. The van der Waals surface area contributed by atoms with E-state index in [0.717, 1.165) is 5.46 Å². The number of nitrogens with one attached hydrogen (secondary N) is 2. The average molecular weight is 364 g/mol. The number of pyridine rings is 1. The molecule has 7 nitrogen and oxygen atoms in total. The fraction of sp³-hybridized carbons (Fsp3) is 0.667. The number of nitrogens with zero attached hydrogens (tertiary/aromatic N) is 1. The zero-order valence-electron chi connectivity index (χ0n) is 16.8. The van der Waals surface area contributed by atoms with Gasteiger partial charge < -0.3 is 25.1 Å². The van der Waals surface area contributed by atoms with E-state index < -0.39 is 22.9 Å². The van der Waals surface area contributed by atoms with E-state index in [9.17, 15) is 9.90 Å². The predicted molar refractivity (Wildman–Crippen MR) is 104 cm³/mol. The maximum absolute atomic E-state index is 11.5. The first-order chi connectivity index (χ1) is 11.8. The van der Waals surface area contributed by atoms with Gasteiger partial charge in [-0.15, -0.1) is 0 Å². The molecule has 0 aliphatic rings. The summed E-state index contributed by atoms with van der Waals surface area (Å²) in [4.78, 5) is 15.8. The first-order valence-corrected chi connectivity index (χ1v) is 8.70. The van der Waals surface area contributed by atoms with Crippen LogP contribution >= 0.6 is 0 Å². The third-order valence-corrected chi connectivity index (χ3v) is 3.85. The third kappa shape index (κ3) is 8.06. The number of rotatable bonds is 8. The van der Waals surface area contributed by atoms with Gasteiger partial charge >= 0.3 is 13.6 Å². The number of hydrogen-bond acceptors (Lipinski definition) is 6. The fourth-order valence-electron chi connectivity index (χ4n) is 1.61. The zero-order valence-corrected chi connectivity index (χ0v) is 16.8. The van der Waals surface area contributed by atoms with E-state index in [1.54, 1.807) is 27.5 Å². The van der Waals surface area contributed by atoms with Gasteiger partial charge in [-0.05, 0) is 60.0 Å². The number of carbonyl (C=O) groups is 1. The summed E-state index contributed by atoms with van der Waals surface area (Å²) < 4.78 is 10.8. The van der Waals surface area contributed by atoms with Gasteiger partial charge in [0.15, 0.2) is 0 Å². The maximum Gasteiger partial charge on any atom is 0.407 e. The van der Waals surface area contributed by atoms with Crippen LogP contribution in [0.3, 0.4) is 0 Å². The maximum atomic E-state index is 11.5. The smallest absolute Gasteiger partial charge is 0.407 e. The van der Waals surface area contributed by atoms with Crippen LogP contribution in [0.5, 0.6) is 0 Å². The molecular formula is C18H31BN3O4. The topological polar surface area (TPSA) is 92.7 Å². The van der Waals surface area contributed by atoms with Crippen LogP contribution in [0, 0.1) is 0 Å². The lowest BCUT2D eigenvalue weighted by molar-refractivity contribution is -0.0893. The van der Waals surface area contributed by atoms with Crippen molar-refractivity contribution in [3.8, 4) is 0 Å². The highest BCUT2D eigenvalue weighted by molar-refractivity contribution is 6.46. The van der Waals surface area contributed by atoms with Crippen molar-refractivity contribution >= 4 is 24.9 Å². The summed E-state index contributed by atoms with van der Waals surface area (Å²) in [5.41, 5.74) is -1.41. The number of aromatic nitrogens is 1. The molecule has 1 aromatic heterocycles. The van der Waals surface area contributed by atoms with Crippen molar-refractivity contribution in [1.29, 1.82) is 0 Å². The summed E-state index contributed by atoms with van der Waals surface area (Å²) in [5, 5.41) is 15.9.